The van der Waals surface area contributed by atoms with Crippen LogP contribution in [-0.4, -0.2) is 5.91 Å². The van der Waals surface area contributed by atoms with Crippen molar-refractivity contribution in [1.29, 1.82) is 0 Å². The van der Waals surface area contributed by atoms with E-state index in [2.05, 4.69) is 5.32 Å². The Hall–Kier alpha value is -2.16. The maximum absolute atomic E-state index is 13.1. The fourth-order valence-corrected chi connectivity index (χ4v) is 2.39. The van der Waals surface area contributed by atoms with E-state index >= 15 is 0 Å². The quantitative estimate of drug-likeness (QED) is 0.900. The van der Waals surface area contributed by atoms with Gasteiger partial charge in [0.2, 0.25) is 5.91 Å². The number of aryl methyl sites for hydroxylation is 3. The van der Waals surface area contributed by atoms with Gasteiger partial charge in [-0.3, -0.25) is 4.79 Å². The summed E-state index contributed by atoms with van der Waals surface area (Å²) >= 11 is 0. The fourth-order valence-electron chi connectivity index (χ4n) is 2.39. The molecule has 0 aliphatic heterocycles. The average Bonchev–Trinajstić information content (AvgIpc) is 2.33. The first-order valence-corrected chi connectivity index (χ1v) is 6.58. The van der Waals surface area contributed by atoms with Crippen LogP contribution in [0.4, 0.5) is 10.1 Å². The standard InChI is InChI=1S/C17H18FNO/c1-11-7-12(2)17(13(3)8-11)19-16(20)10-14-5-4-6-15(18)9-14/h4-9H,10H2,1-3H3,(H,19,20). The molecule has 0 fully saturated rings. The molecule has 1 amide bonds. The van der Waals surface area contributed by atoms with E-state index in [1.807, 2.05) is 32.9 Å². The molecule has 0 unspecified atom stereocenters. The fraction of sp³-hybridized carbons (Fsp3) is 0.235. The smallest absolute Gasteiger partial charge is 0.228 e. The number of benzene rings is 2. The van der Waals surface area contributed by atoms with E-state index in [1.165, 1.54) is 17.7 Å². The van der Waals surface area contributed by atoms with Crippen molar-refractivity contribution in [2.75, 3.05) is 5.32 Å². The Morgan fingerprint density at radius 1 is 1.10 bits per heavy atom. The number of amides is 1. The highest BCUT2D eigenvalue weighted by Gasteiger charge is 2.09. The van der Waals surface area contributed by atoms with Gasteiger partial charge in [0.25, 0.3) is 0 Å². The lowest BCUT2D eigenvalue weighted by molar-refractivity contribution is -0.115. The van der Waals surface area contributed by atoms with Gasteiger partial charge in [0.15, 0.2) is 0 Å². The van der Waals surface area contributed by atoms with Crippen molar-refractivity contribution in [2.24, 2.45) is 0 Å². The maximum atomic E-state index is 13.1. The molecule has 0 bridgehead atoms. The van der Waals surface area contributed by atoms with Crippen molar-refractivity contribution in [1.82, 2.24) is 0 Å². The Bertz CT molecular complexity index is 626. The summed E-state index contributed by atoms with van der Waals surface area (Å²) in [5, 5.41) is 2.91. The summed E-state index contributed by atoms with van der Waals surface area (Å²) in [5.41, 5.74) is 4.76. The first kappa shape index (κ1) is 14.3. The molecule has 0 saturated heterocycles. The van der Waals surface area contributed by atoms with Crippen LogP contribution in [0.15, 0.2) is 36.4 Å². The van der Waals surface area contributed by atoms with Gasteiger partial charge in [-0.25, -0.2) is 4.39 Å². The molecule has 0 aliphatic rings. The second-order valence-electron chi connectivity index (χ2n) is 5.13. The lowest BCUT2D eigenvalue weighted by Gasteiger charge is -2.13. The average molecular weight is 271 g/mol. The van der Waals surface area contributed by atoms with Crippen LogP contribution in [-0.2, 0) is 11.2 Å². The monoisotopic (exact) mass is 271 g/mol. The van der Waals surface area contributed by atoms with Crippen molar-refractivity contribution in [3.05, 3.63) is 64.5 Å². The van der Waals surface area contributed by atoms with Gasteiger partial charge < -0.3 is 5.32 Å². The molecule has 2 aromatic rings. The van der Waals surface area contributed by atoms with Gasteiger partial charge in [0.05, 0.1) is 6.42 Å². The molecular formula is C17H18FNO. The highest BCUT2D eigenvalue weighted by molar-refractivity contribution is 5.93. The number of halogens is 1. The molecule has 104 valence electrons. The molecule has 0 heterocycles. The predicted octanol–water partition coefficient (Wildman–Crippen LogP) is 3.93. The number of carbonyl (C=O) groups excluding carboxylic acids is 1. The Labute approximate surface area is 118 Å². The lowest BCUT2D eigenvalue weighted by atomic mass is 10.0. The number of hydrogen-bond acceptors (Lipinski definition) is 1. The number of hydrogen-bond donors (Lipinski definition) is 1. The summed E-state index contributed by atoms with van der Waals surface area (Å²) in [6, 6.07) is 10.2. The first-order valence-electron chi connectivity index (χ1n) is 6.58. The van der Waals surface area contributed by atoms with Crippen LogP contribution in [0.5, 0.6) is 0 Å². The van der Waals surface area contributed by atoms with E-state index in [-0.39, 0.29) is 18.1 Å². The third kappa shape index (κ3) is 3.44. The minimum absolute atomic E-state index is 0.134. The number of rotatable bonds is 3. The second-order valence-corrected chi connectivity index (χ2v) is 5.13. The number of nitrogens with one attached hydrogen (secondary N) is 1. The van der Waals surface area contributed by atoms with Crippen LogP contribution < -0.4 is 5.32 Å². The molecule has 0 spiro atoms. The van der Waals surface area contributed by atoms with Crippen LogP contribution in [0.25, 0.3) is 0 Å². The van der Waals surface area contributed by atoms with Crippen molar-refractivity contribution >= 4 is 11.6 Å². The van der Waals surface area contributed by atoms with Crippen molar-refractivity contribution in [2.45, 2.75) is 27.2 Å². The zero-order chi connectivity index (χ0) is 14.7. The van der Waals surface area contributed by atoms with Crippen molar-refractivity contribution < 1.29 is 9.18 Å². The molecule has 0 aromatic heterocycles. The molecule has 0 atom stereocenters. The van der Waals surface area contributed by atoms with Gasteiger partial charge in [-0.1, -0.05) is 29.8 Å². The summed E-state index contributed by atoms with van der Waals surface area (Å²) < 4.78 is 13.1. The largest absolute Gasteiger partial charge is 0.325 e. The third-order valence-corrected chi connectivity index (χ3v) is 3.20. The Morgan fingerprint density at radius 2 is 1.75 bits per heavy atom. The van der Waals surface area contributed by atoms with Crippen molar-refractivity contribution in [3.8, 4) is 0 Å². The Kier molecular flexibility index (Phi) is 4.18. The summed E-state index contributed by atoms with van der Waals surface area (Å²) in [5.74, 6) is -0.455. The van der Waals surface area contributed by atoms with Crippen LogP contribution in [0.2, 0.25) is 0 Å². The van der Waals surface area contributed by atoms with Gasteiger partial charge in [-0.05, 0) is 49.6 Å². The van der Waals surface area contributed by atoms with Crippen LogP contribution in [0.1, 0.15) is 22.3 Å². The Morgan fingerprint density at radius 3 is 2.35 bits per heavy atom. The van der Waals surface area contributed by atoms with Crippen molar-refractivity contribution in [3.63, 3.8) is 0 Å². The van der Waals surface area contributed by atoms with Crippen LogP contribution in [0.3, 0.4) is 0 Å². The van der Waals surface area contributed by atoms with E-state index in [9.17, 15) is 9.18 Å². The van der Waals surface area contributed by atoms with Gasteiger partial charge in [-0.2, -0.15) is 0 Å². The predicted molar refractivity (Wildman–Crippen MR) is 79.4 cm³/mol. The van der Waals surface area contributed by atoms with E-state index in [0.29, 0.717) is 5.56 Å². The van der Waals surface area contributed by atoms with E-state index in [1.54, 1.807) is 12.1 Å². The zero-order valence-corrected chi connectivity index (χ0v) is 12.0. The van der Waals surface area contributed by atoms with Gasteiger partial charge in [0.1, 0.15) is 5.82 Å². The summed E-state index contributed by atoms with van der Waals surface area (Å²) in [7, 11) is 0. The molecule has 0 radical (unpaired) electrons. The molecule has 1 N–H and O–H groups in total. The molecule has 2 aromatic carbocycles. The summed E-state index contributed by atoms with van der Waals surface area (Å²) in [4.78, 5) is 12.0. The highest BCUT2D eigenvalue weighted by atomic mass is 19.1. The minimum atomic E-state index is -0.321. The van der Waals surface area contributed by atoms with Crippen LogP contribution >= 0.6 is 0 Å². The molecule has 3 heteroatoms. The minimum Gasteiger partial charge on any atom is -0.325 e. The first-order chi connectivity index (χ1) is 9.45. The molecule has 0 saturated carbocycles. The van der Waals surface area contributed by atoms with Gasteiger partial charge in [0, 0.05) is 5.69 Å². The number of anilines is 1. The second kappa shape index (κ2) is 5.87. The van der Waals surface area contributed by atoms with Gasteiger partial charge >= 0.3 is 0 Å². The Balaban J connectivity index is 2.13. The third-order valence-electron chi connectivity index (χ3n) is 3.20. The van der Waals surface area contributed by atoms with Crippen LogP contribution in [0, 0.1) is 26.6 Å². The van der Waals surface area contributed by atoms with Gasteiger partial charge in [-0.15, -0.1) is 0 Å². The molecule has 2 nitrogen and oxygen atoms in total. The van der Waals surface area contributed by atoms with E-state index < -0.39 is 0 Å². The van der Waals surface area contributed by atoms with E-state index in [0.717, 1.165) is 16.8 Å². The molecular weight excluding hydrogens is 253 g/mol. The SMILES string of the molecule is Cc1cc(C)c(NC(=O)Cc2cccc(F)c2)c(C)c1. The van der Waals surface area contributed by atoms with E-state index in [4.69, 9.17) is 0 Å². The summed E-state index contributed by atoms with van der Waals surface area (Å²) in [6.07, 6.45) is 0.171. The summed E-state index contributed by atoms with van der Waals surface area (Å²) in [6.45, 7) is 5.97. The normalized spacial score (nSPS) is 10.4. The maximum Gasteiger partial charge on any atom is 0.228 e. The topological polar surface area (TPSA) is 29.1 Å². The highest BCUT2D eigenvalue weighted by Crippen LogP contribution is 2.22. The molecule has 0 aliphatic carbocycles. The number of carbonyl (C=O) groups is 1. The lowest BCUT2D eigenvalue weighted by Crippen LogP contribution is -2.16. The molecule has 20 heavy (non-hydrogen) atoms. The molecule has 2 rings (SSSR count). The zero-order valence-electron chi connectivity index (χ0n) is 12.0.